The average Bonchev–Trinajstić information content (AvgIpc) is 2.87. The van der Waals surface area contributed by atoms with Gasteiger partial charge in [0, 0.05) is 6.20 Å². The zero-order chi connectivity index (χ0) is 13.0. The molecule has 0 atom stereocenters. The molecule has 1 heterocycles. The SMILES string of the molecule is N#Cc1cnn(-c2ccc(/C=N\O)cc2C#N)c1. The number of hydrogen-bond acceptors (Lipinski definition) is 5. The first-order chi connectivity index (χ1) is 8.78. The highest BCUT2D eigenvalue weighted by molar-refractivity contribution is 5.80. The van der Waals surface area contributed by atoms with Crippen molar-refractivity contribution in [3.05, 3.63) is 47.3 Å². The lowest BCUT2D eigenvalue weighted by molar-refractivity contribution is 0.322. The van der Waals surface area contributed by atoms with Crippen LogP contribution in [0.4, 0.5) is 0 Å². The van der Waals surface area contributed by atoms with E-state index in [9.17, 15) is 0 Å². The lowest BCUT2D eigenvalue weighted by Crippen LogP contribution is -1.98. The molecular formula is C12H7N5O. The molecule has 0 spiro atoms. The van der Waals surface area contributed by atoms with Crippen LogP contribution in [0.1, 0.15) is 16.7 Å². The van der Waals surface area contributed by atoms with E-state index in [1.165, 1.54) is 23.3 Å². The van der Waals surface area contributed by atoms with Gasteiger partial charge in [-0.1, -0.05) is 11.2 Å². The zero-order valence-electron chi connectivity index (χ0n) is 9.15. The van der Waals surface area contributed by atoms with Crippen LogP contribution < -0.4 is 0 Å². The summed E-state index contributed by atoms with van der Waals surface area (Å²) in [7, 11) is 0. The third-order valence-electron chi connectivity index (χ3n) is 2.31. The summed E-state index contributed by atoms with van der Waals surface area (Å²) in [5.74, 6) is 0. The van der Waals surface area contributed by atoms with Gasteiger partial charge < -0.3 is 5.21 Å². The van der Waals surface area contributed by atoms with Crippen molar-refractivity contribution in [1.82, 2.24) is 9.78 Å². The van der Waals surface area contributed by atoms with E-state index in [1.807, 2.05) is 12.1 Å². The van der Waals surface area contributed by atoms with Crippen molar-refractivity contribution in [2.45, 2.75) is 0 Å². The predicted molar refractivity (Wildman–Crippen MR) is 62.4 cm³/mol. The molecule has 0 aliphatic heterocycles. The van der Waals surface area contributed by atoms with Gasteiger partial charge in [0.1, 0.15) is 12.1 Å². The van der Waals surface area contributed by atoms with E-state index in [4.69, 9.17) is 15.7 Å². The minimum Gasteiger partial charge on any atom is -0.411 e. The fourth-order valence-electron chi connectivity index (χ4n) is 1.50. The maximum absolute atomic E-state index is 9.07. The summed E-state index contributed by atoms with van der Waals surface area (Å²) in [5.41, 5.74) is 1.96. The van der Waals surface area contributed by atoms with Crippen molar-refractivity contribution in [2.75, 3.05) is 0 Å². The molecule has 1 N–H and O–H groups in total. The van der Waals surface area contributed by atoms with Crippen LogP contribution in [0.5, 0.6) is 0 Å². The molecule has 0 saturated heterocycles. The Bertz CT molecular complexity index is 687. The van der Waals surface area contributed by atoms with E-state index in [0.717, 1.165) is 0 Å². The van der Waals surface area contributed by atoms with Crippen LogP contribution in [0.25, 0.3) is 5.69 Å². The standard InChI is InChI=1S/C12H7N5O/c13-4-10-6-15-17(8-10)12-2-1-9(7-16-18)3-11(12)5-14/h1-3,6-8,18H/b16-7-. The number of nitrogens with zero attached hydrogens (tertiary/aromatic N) is 5. The molecule has 1 aromatic carbocycles. The van der Waals surface area contributed by atoms with Gasteiger partial charge in [-0.05, 0) is 17.7 Å². The van der Waals surface area contributed by atoms with Crippen molar-refractivity contribution in [3.63, 3.8) is 0 Å². The molecule has 0 bridgehead atoms. The van der Waals surface area contributed by atoms with Gasteiger partial charge >= 0.3 is 0 Å². The Hall–Kier alpha value is -3.12. The minimum atomic E-state index is 0.375. The lowest BCUT2D eigenvalue weighted by Gasteiger charge is -2.04. The third-order valence-corrected chi connectivity index (χ3v) is 2.31. The van der Waals surface area contributed by atoms with Crippen molar-refractivity contribution < 1.29 is 5.21 Å². The van der Waals surface area contributed by atoms with E-state index >= 15 is 0 Å². The number of benzene rings is 1. The van der Waals surface area contributed by atoms with Gasteiger partial charge in [-0.3, -0.25) is 0 Å². The summed E-state index contributed by atoms with van der Waals surface area (Å²) < 4.78 is 1.46. The highest BCUT2D eigenvalue weighted by Gasteiger charge is 2.07. The first kappa shape index (κ1) is 11.4. The molecule has 0 radical (unpaired) electrons. The van der Waals surface area contributed by atoms with Crippen LogP contribution in [0, 0.1) is 22.7 Å². The molecule has 2 rings (SSSR count). The number of aromatic nitrogens is 2. The van der Waals surface area contributed by atoms with Crippen LogP contribution in [0.2, 0.25) is 0 Å². The van der Waals surface area contributed by atoms with Gasteiger partial charge in [-0.2, -0.15) is 15.6 Å². The normalized spacial score (nSPS) is 10.1. The van der Waals surface area contributed by atoms with Crippen molar-refractivity contribution in [2.24, 2.45) is 5.16 Å². The van der Waals surface area contributed by atoms with E-state index in [2.05, 4.69) is 10.3 Å². The van der Waals surface area contributed by atoms with Crippen molar-refractivity contribution >= 4 is 6.21 Å². The van der Waals surface area contributed by atoms with E-state index in [0.29, 0.717) is 22.4 Å². The van der Waals surface area contributed by atoms with Crippen LogP contribution >= 0.6 is 0 Å². The first-order valence-electron chi connectivity index (χ1n) is 4.95. The molecule has 6 nitrogen and oxygen atoms in total. The smallest absolute Gasteiger partial charge is 0.102 e. The second-order valence-electron chi connectivity index (χ2n) is 3.42. The largest absolute Gasteiger partial charge is 0.411 e. The Labute approximate surface area is 103 Å². The molecular weight excluding hydrogens is 230 g/mol. The minimum absolute atomic E-state index is 0.375. The molecule has 6 heteroatoms. The van der Waals surface area contributed by atoms with Gasteiger partial charge in [0.25, 0.3) is 0 Å². The molecule has 0 fully saturated rings. The Kier molecular flexibility index (Phi) is 3.04. The second-order valence-corrected chi connectivity index (χ2v) is 3.42. The monoisotopic (exact) mass is 237 g/mol. The van der Waals surface area contributed by atoms with Crippen LogP contribution in [0.15, 0.2) is 35.7 Å². The summed E-state index contributed by atoms with van der Waals surface area (Å²) in [6.45, 7) is 0. The molecule has 18 heavy (non-hydrogen) atoms. The van der Waals surface area contributed by atoms with E-state index in [1.54, 1.807) is 18.2 Å². The van der Waals surface area contributed by atoms with Crippen LogP contribution in [0.3, 0.4) is 0 Å². The van der Waals surface area contributed by atoms with Crippen molar-refractivity contribution in [3.8, 4) is 17.8 Å². The second kappa shape index (κ2) is 4.81. The van der Waals surface area contributed by atoms with Gasteiger partial charge in [0.05, 0.1) is 29.2 Å². The van der Waals surface area contributed by atoms with Crippen LogP contribution in [-0.4, -0.2) is 21.2 Å². The summed E-state index contributed by atoms with van der Waals surface area (Å²) in [6, 6.07) is 8.93. The molecule has 0 saturated carbocycles. The molecule has 0 aliphatic carbocycles. The van der Waals surface area contributed by atoms with E-state index in [-0.39, 0.29) is 0 Å². The highest BCUT2D eigenvalue weighted by atomic mass is 16.4. The first-order valence-corrected chi connectivity index (χ1v) is 4.95. The maximum Gasteiger partial charge on any atom is 0.102 e. The Morgan fingerprint density at radius 3 is 2.78 bits per heavy atom. The maximum atomic E-state index is 9.07. The Morgan fingerprint density at radius 2 is 2.17 bits per heavy atom. The van der Waals surface area contributed by atoms with Gasteiger partial charge in [-0.25, -0.2) is 4.68 Å². The Morgan fingerprint density at radius 1 is 1.33 bits per heavy atom. The summed E-state index contributed by atoms with van der Waals surface area (Å²) in [6.07, 6.45) is 4.19. The van der Waals surface area contributed by atoms with Crippen LogP contribution in [-0.2, 0) is 0 Å². The van der Waals surface area contributed by atoms with Gasteiger partial charge in [0.2, 0.25) is 0 Å². The fourth-order valence-corrected chi connectivity index (χ4v) is 1.50. The molecule has 2 aromatic rings. The molecule has 0 aliphatic rings. The predicted octanol–water partition coefficient (Wildman–Crippen LogP) is 1.42. The number of nitriles is 2. The number of oxime groups is 1. The molecule has 86 valence electrons. The lowest BCUT2D eigenvalue weighted by atomic mass is 10.1. The van der Waals surface area contributed by atoms with E-state index < -0.39 is 0 Å². The number of hydrogen-bond donors (Lipinski definition) is 1. The fraction of sp³-hybridized carbons (Fsp3) is 0. The average molecular weight is 237 g/mol. The van der Waals surface area contributed by atoms with Crippen molar-refractivity contribution in [1.29, 1.82) is 10.5 Å². The summed E-state index contributed by atoms with van der Waals surface area (Å²) in [5, 5.41) is 33.1. The number of rotatable bonds is 2. The molecule has 0 amide bonds. The summed E-state index contributed by atoms with van der Waals surface area (Å²) >= 11 is 0. The Balaban J connectivity index is 2.52. The van der Waals surface area contributed by atoms with Gasteiger partial charge in [0.15, 0.2) is 0 Å². The topological polar surface area (TPSA) is 98.0 Å². The highest BCUT2D eigenvalue weighted by Crippen LogP contribution is 2.15. The zero-order valence-corrected chi connectivity index (χ0v) is 9.15. The molecule has 1 aromatic heterocycles. The quantitative estimate of drug-likeness (QED) is 0.485. The van der Waals surface area contributed by atoms with Gasteiger partial charge in [-0.15, -0.1) is 0 Å². The summed E-state index contributed by atoms with van der Waals surface area (Å²) in [4.78, 5) is 0. The molecule has 0 unspecified atom stereocenters. The third kappa shape index (κ3) is 2.04.